The molecule has 0 radical (unpaired) electrons. The summed E-state index contributed by atoms with van der Waals surface area (Å²) in [7, 11) is 0. The van der Waals surface area contributed by atoms with Gasteiger partial charge in [-0.3, -0.25) is 4.79 Å². The molecule has 1 N–H and O–H groups in total. The molecule has 132 valence electrons. The number of amides is 1. The number of anilines is 1. The zero-order valence-corrected chi connectivity index (χ0v) is 14.0. The largest absolute Gasteiger partial charge is 0.480 e. The summed E-state index contributed by atoms with van der Waals surface area (Å²) in [6, 6.07) is 0.676. The molecule has 0 bridgehead atoms. The van der Waals surface area contributed by atoms with E-state index in [0.29, 0.717) is 30.5 Å². The second kappa shape index (κ2) is 6.88. The highest BCUT2D eigenvalue weighted by Gasteiger charge is 2.38. The van der Waals surface area contributed by atoms with Crippen LogP contribution in [0.1, 0.15) is 29.1 Å². The Morgan fingerprint density at radius 3 is 2.64 bits per heavy atom. The van der Waals surface area contributed by atoms with Gasteiger partial charge in [0, 0.05) is 31.9 Å². The number of rotatable bonds is 4. The number of carbonyl (C=O) groups excluding carboxylic acids is 1. The molecule has 9 heteroatoms. The van der Waals surface area contributed by atoms with Gasteiger partial charge in [0.1, 0.15) is 6.04 Å². The summed E-state index contributed by atoms with van der Waals surface area (Å²) in [5.41, 5.74) is 0.472. The van der Waals surface area contributed by atoms with Crippen LogP contribution in [0.3, 0.4) is 0 Å². The van der Waals surface area contributed by atoms with Crippen LogP contribution in [0.4, 0.5) is 5.95 Å². The Hall–Kier alpha value is -2.97. The van der Waals surface area contributed by atoms with Crippen LogP contribution >= 0.6 is 0 Å². The first-order chi connectivity index (χ1) is 12.0. The van der Waals surface area contributed by atoms with Crippen molar-refractivity contribution >= 4 is 17.8 Å². The lowest BCUT2D eigenvalue weighted by Crippen LogP contribution is -2.58. The Bertz CT molecular complexity index is 776. The fourth-order valence-corrected chi connectivity index (χ4v) is 2.81. The lowest BCUT2D eigenvalue weighted by Gasteiger charge is -2.38. The monoisotopic (exact) mass is 345 g/mol. The van der Waals surface area contributed by atoms with Gasteiger partial charge < -0.3 is 19.3 Å². The third-order valence-electron chi connectivity index (χ3n) is 4.10. The van der Waals surface area contributed by atoms with Crippen molar-refractivity contribution in [3.8, 4) is 0 Å². The van der Waals surface area contributed by atoms with Gasteiger partial charge >= 0.3 is 5.97 Å². The summed E-state index contributed by atoms with van der Waals surface area (Å²) in [4.78, 5) is 40.0. The van der Waals surface area contributed by atoms with Crippen molar-refractivity contribution in [2.75, 3.05) is 24.5 Å². The van der Waals surface area contributed by atoms with E-state index in [2.05, 4.69) is 15.0 Å². The molecule has 25 heavy (non-hydrogen) atoms. The molecule has 1 fully saturated rings. The van der Waals surface area contributed by atoms with Crippen LogP contribution in [-0.2, 0) is 11.2 Å². The molecule has 0 aromatic carbocycles. The third-order valence-corrected chi connectivity index (χ3v) is 4.10. The number of hydrogen-bond acceptors (Lipinski definition) is 7. The van der Waals surface area contributed by atoms with Crippen molar-refractivity contribution in [2.45, 2.75) is 26.3 Å². The Kier molecular flexibility index (Phi) is 4.64. The molecule has 1 saturated heterocycles. The predicted molar refractivity (Wildman–Crippen MR) is 87.3 cm³/mol. The lowest BCUT2D eigenvalue weighted by atomic mass is 10.1. The minimum atomic E-state index is -1.08. The smallest absolute Gasteiger partial charge is 0.328 e. The summed E-state index contributed by atoms with van der Waals surface area (Å²) < 4.78 is 5.48. The number of piperazine rings is 1. The van der Waals surface area contributed by atoms with E-state index in [1.807, 2.05) is 6.92 Å². The number of aromatic nitrogens is 3. The van der Waals surface area contributed by atoms with Crippen molar-refractivity contribution in [3.05, 3.63) is 35.8 Å². The normalized spacial score (nSPS) is 17.6. The zero-order chi connectivity index (χ0) is 18.0. The highest BCUT2D eigenvalue weighted by Crippen LogP contribution is 2.20. The van der Waals surface area contributed by atoms with Gasteiger partial charge in [0.15, 0.2) is 5.89 Å². The van der Waals surface area contributed by atoms with Gasteiger partial charge in [-0.1, -0.05) is 6.92 Å². The second-order valence-electron chi connectivity index (χ2n) is 5.72. The quantitative estimate of drug-likeness (QED) is 0.864. The summed E-state index contributed by atoms with van der Waals surface area (Å²) in [6.07, 6.45) is 3.76. The minimum Gasteiger partial charge on any atom is -0.480 e. The molecule has 0 unspecified atom stereocenters. The van der Waals surface area contributed by atoms with E-state index in [4.69, 9.17) is 4.42 Å². The molecule has 9 nitrogen and oxygen atoms in total. The molecule has 1 atom stereocenters. The summed E-state index contributed by atoms with van der Waals surface area (Å²) in [6.45, 7) is 4.33. The van der Waals surface area contributed by atoms with E-state index in [-0.39, 0.29) is 18.8 Å². The first kappa shape index (κ1) is 16.9. The molecule has 3 heterocycles. The molecular weight excluding hydrogens is 326 g/mol. The SMILES string of the molecule is CCc1nc(C)c(C(=O)N2CCN(c3ncccn3)C[C@@H]2C(=O)O)o1. The maximum Gasteiger partial charge on any atom is 0.328 e. The van der Waals surface area contributed by atoms with Gasteiger partial charge in [0.25, 0.3) is 5.91 Å². The van der Waals surface area contributed by atoms with Crippen molar-refractivity contribution < 1.29 is 19.1 Å². The molecule has 1 amide bonds. The number of aliphatic carboxylic acids is 1. The average molecular weight is 345 g/mol. The molecule has 0 aliphatic carbocycles. The van der Waals surface area contributed by atoms with E-state index in [1.54, 1.807) is 30.3 Å². The van der Waals surface area contributed by atoms with Crippen LogP contribution in [0.25, 0.3) is 0 Å². The summed E-state index contributed by atoms with van der Waals surface area (Å²) >= 11 is 0. The minimum absolute atomic E-state index is 0.104. The summed E-state index contributed by atoms with van der Waals surface area (Å²) in [5, 5.41) is 9.58. The maximum atomic E-state index is 12.8. The van der Waals surface area contributed by atoms with E-state index >= 15 is 0 Å². The van der Waals surface area contributed by atoms with Crippen LogP contribution in [0.15, 0.2) is 22.9 Å². The molecule has 0 spiro atoms. The summed E-state index contributed by atoms with van der Waals surface area (Å²) in [5.74, 6) is -0.519. The van der Waals surface area contributed by atoms with Crippen molar-refractivity contribution in [3.63, 3.8) is 0 Å². The number of hydrogen-bond donors (Lipinski definition) is 1. The van der Waals surface area contributed by atoms with Gasteiger partial charge in [-0.2, -0.15) is 0 Å². The second-order valence-corrected chi connectivity index (χ2v) is 5.72. The topological polar surface area (TPSA) is 113 Å². The van der Waals surface area contributed by atoms with Gasteiger partial charge in [-0.05, 0) is 13.0 Å². The Balaban J connectivity index is 1.83. The number of carboxylic acids is 1. The van der Waals surface area contributed by atoms with Gasteiger partial charge in [0.05, 0.1) is 12.2 Å². The molecular formula is C16H19N5O4. The highest BCUT2D eigenvalue weighted by atomic mass is 16.4. The van der Waals surface area contributed by atoms with Crippen molar-refractivity contribution in [2.24, 2.45) is 0 Å². The fraction of sp³-hybridized carbons (Fsp3) is 0.438. The van der Waals surface area contributed by atoms with Crippen molar-refractivity contribution in [1.82, 2.24) is 19.9 Å². The first-order valence-corrected chi connectivity index (χ1v) is 8.03. The Morgan fingerprint density at radius 1 is 1.32 bits per heavy atom. The van der Waals surface area contributed by atoms with Crippen LogP contribution in [-0.4, -0.2) is 62.5 Å². The number of nitrogens with zero attached hydrogens (tertiary/aromatic N) is 5. The third kappa shape index (κ3) is 3.30. The molecule has 0 saturated carbocycles. The van der Waals surface area contributed by atoms with Crippen LogP contribution < -0.4 is 4.90 Å². The first-order valence-electron chi connectivity index (χ1n) is 8.03. The zero-order valence-electron chi connectivity index (χ0n) is 14.0. The number of carboxylic acid groups (broad SMARTS) is 1. The van der Waals surface area contributed by atoms with E-state index < -0.39 is 17.9 Å². The fourth-order valence-electron chi connectivity index (χ4n) is 2.81. The molecule has 1 aliphatic rings. The van der Waals surface area contributed by atoms with E-state index in [9.17, 15) is 14.7 Å². The lowest BCUT2D eigenvalue weighted by molar-refractivity contribution is -0.142. The van der Waals surface area contributed by atoms with Gasteiger partial charge in [-0.15, -0.1) is 0 Å². The molecule has 3 rings (SSSR count). The average Bonchev–Trinajstić information content (AvgIpc) is 3.02. The van der Waals surface area contributed by atoms with Gasteiger partial charge in [-0.25, -0.2) is 19.7 Å². The molecule has 1 aliphatic heterocycles. The highest BCUT2D eigenvalue weighted by molar-refractivity contribution is 5.95. The van der Waals surface area contributed by atoms with E-state index in [0.717, 1.165) is 0 Å². The van der Waals surface area contributed by atoms with Crippen molar-refractivity contribution in [1.29, 1.82) is 0 Å². The molecule has 2 aromatic rings. The number of oxazole rings is 1. The maximum absolute atomic E-state index is 12.8. The number of carbonyl (C=O) groups is 2. The van der Waals surface area contributed by atoms with E-state index in [1.165, 1.54) is 4.90 Å². The Labute approximate surface area is 144 Å². The van der Waals surface area contributed by atoms with Crippen LogP contribution in [0.2, 0.25) is 0 Å². The van der Waals surface area contributed by atoms with Gasteiger partial charge in [0.2, 0.25) is 11.7 Å². The van der Waals surface area contributed by atoms with Crippen LogP contribution in [0.5, 0.6) is 0 Å². The number of aryl methyl sites for hydroxylation is 2. The molecule has 2 aromatic heterocycles. The Morgan fingerprint density at radius 2 is 2.04 bits per heavy atom. The standard InChI is InChI=1S/C16H19N5O4/c1-3-12-19-10(2)13(25-12)14(22)21-8-7-20(9-11(21)15(23)24)16-17-5-4-6-18-16/h4-6,11H,3,7-9H2,1-2H3,(H,23,24)/t11-/m1/s1. The predicted octanol–water partition coefficient (Wildman–Crippen LogP) is 0.751. The van der Waals surface area contributed by atoms with Crippen LogP contribution in [0, 0.1) is 6.92 Å².